The van der Waals surface area contributed by atoms with E-state index in [0.29, 0.717) is 17.7 Å². The molecule has 0 aliphatic heterocycles. The Labute approximate surface area is 117 Å². The van der Waals surface area contributed by atoms with E-state index in [2.05, 4.69) is 10.6 Å². The highest BCUT2D eigenvalue weighted by Crippen LogP contribution is 2.09. The number of carbonyl (C=O) groups is 3. The molecule has 0 spiro atoms. The predicted molar refractivity (Wildman–Crippen MR) is 74.3 cm³/mol. The highest BCUT2D eigenvalue weighted by atomic mass is 16.5. The Morgan fingerprint density at radius 3 is 2.30 bits per heavy atom. The van der Waals surface area contributed by atoms with Gasteiger partial charge in [-0.05, 0) is 31.2 Å². The molecule has 0 unspecified atom stereocenters. The average molecular weight is 278 g/mol. The van der Waals surface area contributed by atoms with Gasteiger partial charge in [0.25, 0.3) is 5.91 Å². The largest absolute Gasteiger partial charge is 0.465 e. The summed E-state index contributed by atoms with van der Waals surface area (Å²) in [6, 6.07) is 6.41. The van der Waals surface area contributed by atoms with E-state index in [1.807, 2.05) is 0 Å². The van der Waals surface area contributed by atoms with Crippen molar-refractivity contribution in [2.75, 3.05) is 18.5 Å². The van der Waals surface area contributed by atoms with Crippen molar-refractivity contribution in [1.29, 1.82) is 0 Å². The minimum absolute atomic E-state index is 0.0930. The molecule has 0 radical (unpaired) electrons. The predicted octanol–water partition coefficient (Wildman–Crippen LogP) is 1.33. The number of hydrogen-bond acceptors (Lipinski definition) is 4. The fourth-order valence-corrected chi connectivity index (χ4v) is 1.42. The second kappa shape index (κ2) is 7.93. The van der Waals surface area contributed by atoms with E-state index < -0.39 is 5.97 Å². The number of ether oxygens (including phenoxy) is 1. The van der Waals surface area contributed by atoms with Gasteiger partial charge in [-0.1, -0.05) is 6.92 Å². The Morgan fingerprint density at radius 2 is 1.75 bits per heavy atom. The standard InChI is InChI=1S/C14H18N2O4/c1-3-12(17)16-11-7-5-10(6-8-11)14(19)15-9-13(18)20-4-2/h5-8H,3-4,9H2,1-2H3,(H,15,19)(H,16,17). The van der Waals surface area contributed by atoms with Crippen LogP contribution in [0.4, 0.5) is 5.69 Å². The Hall–Kier alpha value is -2.37. The fraction of sp³-hybridized carbons (Fsp3) is 0.357. The first-order valence-electron chi connectivity index (χ1n) is 6.40. The minimum atomic E-state index is -0.479. The maximum absolute atomic E-state index is 11.7. The van der Waals surface area contributed by atoms with Crippen molar-refractivity contribution in [3.8, 4) is 0 Å². The highest BCUT2D eigenvalue weighted by molar-refractivity contribution is 5.97. The zero-order valence-electron chi connectivity index (χ0n) is 11.6. The molecule has 0 atom stereocenters. The van der Waals surface area contributed by atoms with E-state index in [1.54, 1.807) is 38.1 Å². The summed E-state index contributed by atoms with van der Waals surface area (Å²) < 4.78 is 4.70. The van der Waals surface area contributed by atoms with Crippen molar-refractivity contribution in [1.82, 2.24) is 5.32 Å². The lowest BCUT2D eigenvalue weighted by Crippen LogP contribution is -2.30. The molecule has 20 heavy (non-hydrogen) atoms. The molecule has 0 bridgehead atoms. The Morgan fingerprint density at radius 1 is 1.10 bits per heavy atom. The fourth-order valence-electron chi connectivity index (χ4n) is 1.42. The smallest absolute Gasteiger partial charge is 0.325 e. The van der Waals surface area contributed by atoms with Crippen LogP contribution < -0.4 is 10.6 Å². The Bertz CT molecular complexity index is 482. The topological polar surface area (TPSA) is 84.5 Å². The van der Waals surface area contributed by atoms with Crippen LogP contribution in [0.15, 0.2) is 24.3 Å². The molecule has 2 amide bonds. The molecule has 0 heterocycles. The Kier molecular flexibility index (Phi) is 6.22. The lowest BCUT2D eigenvalue weighted by molar-refractivity contribution is -0.141. The van der Waals surface area contributed by atoms with Crippen LogP contribution in [0.1, 0.15) is 30.6 Å². The lowest BCUT2D eigenvalue weighted by Gasteiger charge is -2.06. The number of amides is 2. The molecule has 2 N–H and O–H groups in total. The quantitative estimate of drug-likeness (QED) is 0.769. The summed E-state index contributed by atoms with van der Waals surface area (Å²) in [6.45, 7) is 3.57. The summed E-state index contributed by atoms with van der Waals surface area (Å²) in [4.78, 5) is 34.0. The van der Waals surface area contributed by atoms with Gasteiger partial charge in [0.15, 0.2) is 0 Å². The molecule has 0 aliphatic carbocycles. The van der Waals surface area contributed by atoms with E-state index in [1.165, 1.54) is 0 Å². The number of anilines is 1. The number of benzene rings is 1. The molecule has 6 nitrogen and oxygen atoms in total. The van der Waals surface area contributed by atoms with Crippen LogP contribution in [0.5, 0.6) is 0 Å². The van der Waals surface area contributed by atoms with Crippen molar-refractivity contribution < 1.29 is 19.1 Å². The van der Waals surface area contributed by atoms with Gasteiger partial charge < -0.3 is 15.4 Å². The molecule has 1 aromatic rings. The van der Waals surface area contributed by atoms with E-state index in [9.17, 15) is 14.4 Å². The number of rotatable bonds is 6. The third-order valence-corrected chi connectivity index (χ3v) is 2.45. The molecule has 1 aromatic carbocycles. The zero-order chi connectivity index (χ0) is 15.0. The molecule has 1 rings (SSSR count). The molecule has 0 fully saturated rings. The van der Waals surface area contributed by atoms with Crippen molar-refractivity contribution in [2.24, 2.45) is 0 Å². The SMILES string of the molecule is CCOC(=O)CNC(=O)c1ccc(NC(=O)CC)cc1. The van der Waals surface area contributed by atoms with Crippen LogP contribution in [0.2, 0.25) is 0 Å². The third-order valence-electron chi connectivity index (χ3n) is 2.45. The minimum Gasteiger partial charge on any atom is -0.465 e. The lowest BCUT2D eigenvalue weighted by atomic mass is 10.2. The van der Waals surface area contributed by atoms with Crippen LogP contribution in [0.3, 0.4) is 0 Å². The molecular formula is C14H18N2O4. The number of nitrogens with one attached hydrogen (secondary N) is 2. The van der Waals surface area contributed by atoms with Crippen molar-refractivity contribution in [3.63, 3.8) is 0 Å². The number of carbonyl (C=O) groups excluding carboxylic acids is 3. The van der Waals surface area contributed by atoms with Gasteiger partial charge in [-0.25, -0.2) is 0 Å². The first-order chi connectivity index (χ1) is 9.56. The first-order valence-corrected chi connectivity index (χ1v) is 6.40. The average Bonchev–Trinajstić information content (AvgIpc) is 2.45. The third kappa shape index (κ3) is 5.09. The van der Waals surface area contributed by atoms with Crippen molar-refractivity contribution >= 4 is 23.5 Å². The van der Waals surface area contributed by atoms with Crippen LogP contribution in [0.25, 0.3) is 0 Å². The normalized spacial score (nSPS) is 9.70. The van der Waals surface area contributed by atoms with Crippen molar-refractivity contribution in [3.05, 3.63) is 29.8 Å². The summed E-state index contributed by atoms with van der Waals surface area (Å²) in [7, 11) is 0. The van der Waals surface area contributed by atoms with Gasteiger partial charge >= 0.3 is 5.97 Å². The van der Waals surface area contributed by atoms with Gasteiger partial charge in [-0.15, -0.1) is 0 Å². The van der Waals surface area contributed by atoms with E-state index in [0.717, 1.165) is 0 Å². The number of hydrogen-bond donors (Lipinski definition) is 2. The van der Waals surface area contributed by atoms with Crippen LogP contribution in [-0.4, -0.2) is 30.9 Å². The van der Waals surface area contributed by atoms with Crippen molar-refractivity contribution in [2.45, 2.75) is 20.3 Å². The summed E-state index contributed by atoms with van der Waals surface area (Å²) in [5.41, 5.74) is 1.03. The second-order valence-electron chi connectivity index (χ2n) is 3.97. The van der Waals surface area contributed by atoms with Crippen LogP contribution in [0, 0.1) is 0 Å². The molecule has 6 heteroatoms. The maximum atomic E-state index is 11.7. The summed E-state index contributed by atoms with van der Waals surface area (Å²) in [5.74, 6) is -0.941. The monoisotopic (exact) mass is 278 g/mol. The molecule has 108 valence electrons. The van der Waals surface area contributed by atoms with Crippen LogP contribution >= 0.6 is 0 Å². The van der Waals surface area contributed by atoms with Gasteiger partial charge in [-0.3, -0.25) is 14.4 Å². The molecule has 0 aromatic heterocycles. The van der Waals surface area contributed by atoms with Crippen LogP contribution in [-0.2, 0) is 14.3 Å². The van der Waals surface area contributed by atoms with Gasteiger partial charge in [-0.2, -0.15) is 0 Å². The van der Waals surface area contributed by atoms with E-state index in [-0.39, 0.29) is 25.0 Å². The summed E-state index contributed by atoms with van der Waals surface area (Å²) in [6.07, 6.45) is 0.391. The highest BCUT2D eigenvalue weighted by Gasteiger charge is 2.08. The van der Waals surface area contributed by atoms with Gasteiger partial charge in [0.05, 0.1) is 6.61 Å². The zero-order valence-corrected chi connectivity index (χ0v) is 11.6. The number of esters is 1. The van der Waals surface area contributed by atoms with Gasteiger partial charge in [0, 0.05) is 17.7 Å². The molecule has 0 aliphatic rings. The maximum Gasteiger partial charge on any atom is 0.325 e. The second-order valence-corrected chi connectivity index (χ2v) is 3.97. The molecular weight excluding hydrogens is 260 g/mol. The summed E-state index contributed by atoms with van der Waals surface area (Å²) in [5, 5.41) is 5.13. The van der Waals surface area contributed by atoms with E-state index in [4.69, 9.17) is 4.74 Å². The van der Waals surface area contributed by atoms with Gasteiger partial charge in [0.2, 0.25) is 5.91 Å². The molecule has 0 saturated carbocycles. The van der Waals surface area contributed by atoms with E-state index >= 15 is 0 Å². The first kappa shape index (κ1) is 15.7. The summed E-state index contributed by atoms with van der Waals surface area (Å²) >= 11 is 0. The van der Waals surface area contributed by atoms with Gasteiger partial charge in [0.1, 0.15) is 6.54 Å². The molecule has 0 saturated heterocycles. The Balaban J connectivity index is 2.53.